The van der Waals surface area contributed by atoms with Gasteiger partial charge in [-0.1, -0.05) is 6.92 Å². The first-order valence-electron chi connectivity index (χ1n) is 5.75. The minimum absolute atomic E-state index is 0.723. The molecule has 13 heavy (non-hydrogen) atoms. The topological polar surface area (TPSA) is 15.3 Å². The molecule has 0 bridgehead atoms. The van der Waals surface area contributed by atoms with Gasteiger partial charge in [-0.2, -0.15) is 0 Å². The van der Waals surface area contributed by atoms with Crippen LogP contribution in [-0.2, 0) is 0 Å². The van der Waals surface area contributed by atoms with E-state index in [9.17, 15) is 0 Å². The van der Waals surface area contributed by atoms with Crippen LogP contribution in [0.25, 0.3) is 0 Å². The lowest BCUT2D eigenvalue weighted by molar-refractivity contribution is 0.0777. The Morgan fingerprint density at radius 2 is 1.92 bits per heavy atom. The summed E-state index contributed by atoms with van der Waals surface area (Å²) in [6.45, 7) is 8.45. The zero-order valence-electron chi connectivity index (χ0n) is 8.92. The van der Waals surface area contributed by atoms with Crippen LogP contribution in [0.4, 0.5) is 0 Å². The molecule has 2 rings (SSSR count). The molecule has 0 aromatic carbocycles. The molecule has 0 aromatic heterocycles. The van der Waals surface area contributed by atoms with Crippen molar-refractivity contribution in [1.29, 1.82) is 0 Å². The van der Waals surface area contributed by atoms with Crippen LogP contribution in [0.15, 0.2) is 0 Å². The zero-order valence-corrected chi connectivity index (χ0v) is 8.92. The summed E-state index contributed by atoms with van der Waals surface area (Å²) in [5.74, 6) is 0.952. The van der Waals surface area contributed by atoms with E-state index in [1.54, 1.807) is 0 Å². The normalized spacial score (nSPS) is 42.5. The van der Waals surface area contributed by atoms with E-state index in [0.29, 0.717) is 0 Å². The van der Waals surface area contributed by atoms with Crippen molar-refractivity contribution >= 4 is 0 Å². The van der Waals surface area contributed by atoms with E-state index in [2.05, 4.69) is 24.1 Å². The highest BCUT2D eigenvalue weighted by Crippen LogP contribution is 2.31. The van der Waals surface area contributed by atoms with E-state index >= 15 is 0 Å². The number of rotatable bonds is 1. The van der Waals surface area contributed by atoms with Crippen LogP contribution < -0.4 is 5.32 Å². The first kappa shape index (κ1) is 9.47. The Bertz CT molecular complexity index is 169. The van der Waals surface area contributed by atoms with Crippen LogP contribution >= 0.6 is 0 Å². The maximum absolute atomic E-state index is 3.55. The van der Waals surface area contributed by atoms with Gasteiger partial charge in [0.15, 0.2) is 0 Å². The van der Waals surface area contributed by atoms with Gasteiger partial charge in [-0.05, 0) is 38.6 Å². The van der Waals surface area contributed by atoms with Crippen LogP contribution in [0.5, 0.6) is 0 Å². The molecule has 1 aliphatic carbocycles. The van der Waals surface area contributed by atoms with Gasteiger partial charge < -0.3 is 5.32 Å². The number of nitrogens with one attached hydrogen (secondary N) is 1. The predicted octanol–water partition coefficient (Wildman–Crippen LogP) is 1.47. The summed E-state index contributed by atoms with van der Waals surface area (Å²) in [6.07, 6.45) is 4.21. The first-order valence-corrected chi connectivity index (χ1v) is 5.75. The van der Waals surface area contributed by atoms with Crippen LogP contribution in [0, 0.1) is 5.92 Å². The highest BCUT2D eigenvalue weighted by molar-refractivity contribution is 4.88. The molecule has 2 fully saturated rings. The van der Waals surface area contributed by atoms with Gasteiger partial charge in [0, 0.05) is 25.2 Å². The number of hydrogen-bond acceptors (Lipinski definition) is 2. The summed E-state index contributed by atoms with van der Waals surface area (Å²) in [4.78, 5) is 2.70. The summed E-state index contributed by atoms with van der Waals surface area (Å²) < 4.78 is 0. The first-order chi connectivity index (χ1) is 6.27. The maximum atomic E-state index is 3.55. The molecule has 0 amide bonds. The SMILES string of the molecule is CC1CCN(C2CCC2C)CCN1. The van der Waals surface area contributed by atoms with Gasteiger partial charge >= 0.3 is 0 Å². The van der Waals surface area contributed by atoms with Crippen molar-refractivity contribution in [3.05, 3.63) is 0 Å². The van der Waals surface area contributed by atoms with Gasteiger partial charge in [-0.25, -0.2) is 0 Å². The van der Waals surface area contributed by atoms with E-state index in [4.69, 9.17) is 0 Å². The lowest BCUT2D eigenvalue weighted by atomic mass is 9.80. The largest absolute Gasteiger partial charge is 0.313 e. The van der Waals surface area contributed by atoms with Crippen molar-refractivity contribution in [1.82, 2.24) is 10.2 Å². The molecular weight excluding hydrogens is 160 g/mol. The Balaban J connectivity index is 1.85. The van der Waals surface area contributed by atoms with Crippen LogP contribution in [0.3, 0.4) is 0 Å². The van der Waals surface area contributed by atoms with Gasteiger partial charge in [0.05, 0.1) is 0 Å². The molecule has 1 aliphatic heterocycles. The van der Waals surface area contributed by atoms with Crippen LogP contribution in [0.2, 0.25) is 0 Å². The van der Waals surface area contributed by atoms with Crippen molar-refractivity contribution in [3.63, 3.8) is 0 Å². The molecule has 2 heteroatoms. The Kier molecular flexibility index (Phi) is 2.89. The molecule has 1 N–H and O–H groups in total. The smallest absolute Gasteiger partial charge is 0.0121 e. The third kappa shape index (κ3) is 2.05. The van der Waals surface area contributed by atoms with E-state index in [-0.39, 0.29) is 0 Å². The Hall–Kier alpha value is -0.0800. The van der Waals surface area contributed by atoms with E-state index in [0.717, 1.165) is 18.0 Å². The van der Waals surface area contributed by atoms with Crippen molar-refractivity contribution in [2.24, 2.45) is 5.92 Å². The van der Waals surface area contributed by atoms with Gasteiger partial charge in [-0.15, -0.1) is 0 Å². The lowest BCUT2D eigenvalue weighted by Gasteiger charge is -2.42. The van der Waals surface area contributed by atoms with Gasteiger partial charge in [0.1, 0.15) is 0 Å². The molecule has 2 nitrogen and oxygen atoms in total. The summed E-state index contributed by atoms with van der Waals surface area (Å²) in [5, 5.41) is 3.55. The predicted molar refractivity (Wildman–Crippen MR) is 55.8 cm³/mol. The second kappa shape index (κ2) is 3.97. The monoisotopic (exact) mass is 182 g/mol. The Morgan fingerprint density at radius 3 is 2.54 bits per heavy atom. The van der Waals surface area contributed by atoms with Crippen molar-refractivity contribution in [3.8, 4) is 0 Å². The fraction of sp³-hybridized carbons (Fsp3) is 1.00. The third-order valence-electron chi connectivity index (χ3n) is 3.78. The van der Waals surface area contributed by atoms with Crippen molar-refractivity contribution in [2.45, 2.75) is 45.2 Å². The highest BCUT2D eigenvalue weighted by atomic mass is 15.2. The molecule has 0 aromatic rings. The van der Waals surface area contributed by atoms with Gasteiger partial charge in [0.25, 0.3) is 0 Å². The van der Waals surface area contributed by atoms with Crippen LogP contribution in [-0.4, -0.2) is 36.6 Å². The number of hydrogen-bond donors (Lipinski definition) is 1. The van der Waals surface area contributed by atoms with Gasteiger partial charge in [0.2, 0.25) is 0 Å². The lowest BCUT2D eigenvalue weighted by Crippen LogP contribution is -2.47. The van der Waals surface area contributed by atoms with Crippen LogP contribution in [0.1, 0.15) is 33.1 Å². The Morgan fingerprint density at radius 1 is 1.08 bits per heavy atom. The minimum Gasteiger partial charge on any atom is -0.313 e. The average molecular weight is 182 g/mol. The minimum atomic E-state index is 0.723. The molecule has 0 radical (unpaired) electrons. The second-order valence-electron chi connectivity index (χ2n) is 4.80. The number of nitrogens with zero attached hydrogens (tertiary/aromatic N) is 1. The molecule has 0 spiro atoms. The van der Waals surface area contributed by atoms with E-state index in [1.807, 2.05) is 0 Å². The summed E-state index contributed by atoms with van der Waals surface area (Å²) in [6, 6.07) is 1.63. The van der Waals surface area contributed by atoms with Gasteiger partial charge in [-0.3, -0.25) is 4.90 Å². The zero-order chi connectivity index (χ0) is 9.26. The maximum Gasteiger partial charge on any atom is 0.0121 e. The molecule has 2 aliphatic rings. The summed E-state index contributed by atoms with van der Waals surface area (Å²) >= 11 is 0. The molecule has 3 unspecified atom stereocenters. The average Bonchev–Trinajstić information content (AvgIpc) is 2.29. The Labute approximate surface area is 81.7 Å². The molecule has 1 saturated heterocycles. The van der Waals surface area contributed by atoms with E-state index < -0.39 is 0 Å². The molecule has 3 atom stereocenters. The summed E-state index contributed by atoms with van der Waals surface area (Å²) in [5.41, 5.74) is 0. The second-order valence-corrected chi connectivity index (χ2v) is 4.80. The molecular formula is C11H22N2. The van der Waals surface area contributed by atoms with E-state index in [1.165, 1.54) is 38.9 Å². The summed E-state index contributed by atoms with van der Waals surface area (Å²) in [7, 11) is 0. The fourth-order valence-corrected chi connectivity index (χ4v) is 2.55. The molecule has 1 heterocycles. The fourth-order valence-electron chi connectivity index (χ4n) is 2.55. The highest BCUT2D eigenvalue weighted by Gasteiger charge is 2.32. The standard InChI is InChI=1S/C11H22N2/c1-9-3-4-11(9)13-7-5-10(2)12-6-8-13/h9-12H,3-8H2,1-2H3. The van der Waals surface area contributed by atoms with Crippen molar-refractivity contribution in [2.75, 3.05) is 19.6 Å². The molecule has 1 saturated carbocycles. The quantitative estimate of drug-likeness (QED) is 0.660. The molecule has 76 valence electrons. The third-order valence-corrected chi connectivity index (χ3v) is 3.78. The van der Waals surface area contributed by atoms with Crippen molar-refractivity contribution < 1.29 is 0 Å².